The van der Waals surface area contributed by atoms with E-state index in [0.717, 1.165) is 25.9 Å². The minimum atomic E-state index is -0.587. The highest BCUT2D eigenvalue weighted by atomic mass is 16.6. The molecule has 0 aromatic heterocycles. The van der Waals surface area contributed by atoms with E-state index in [-0.39, 0.29) is 11.8 Å². The van der Waals surface area contributed by atoms with E-state index < -0.39 is 11.7 Å². The van der Waals surface area contributed by atoms with Crippen LogP contribution in [0.4, 0.5) is 16.2 Å². The normalized spacial score (nSPS) is 15.8. The number of ether oxygens (including phenoxy) is 1. The number of anilines is 2. The summed E-state index contributed by atoms with van der Waals surface area (Å²) in [5, 5.41) is 3.29. The van der Waals surface area contributed by atoms with E-state index in [1.54, 1.807) is 23.1 Å². The summed E-state index contributed by atoms with van der Waals surface area (Å²) in [7, 11) is 0. The van der Waals surface area contributed by atoms with E-state index in [1.165, 1.54) is 6.92 Å². The quantitative estimate of drug-likeness (QED) is 0.656. The van der Waals surface area contributed by atoms with Crippen molar-refractivity contribution in [3.63, 3.8) is 0 Å². The fourth-order valence-electron chi connectivity index (χ4n) is 2.81. The second kappa shape index (κ2) is 7.21. The van der Waals surface area contributed by atoms with Crippen LogP contribution in [0.25, 0.3) is 0 Å². The Bertz CT molecular complexity index is 616. The van der Waals surface area contributed by atoms with Crippen molar-refractivity contribution >= 4 is 23.3 Å². The number of piperidine rings is 1. The van der Waals surface area contributed by atoms with Crippen LogP contribution in [0.2, 0.25) is 0 Å². The average molecular weight is 333 g/mol. The van der Waals surface area contributed by atoms with Crippen LogP contribution in [-0.2, 0) is 4.74 Å². The molecule has 6 nitrogen and oxygen atoms in total. The zero-order valence-corrected chi connectivity index (χ0v) is 14.9. The van der Waals surface area contributed by atoms with Crippen LogP contribution in [0.1, 0.15) is 50.9 Å². The van der Waals surface area contributed by atoms with Gasteiger partial charge in [-0.1, -0.05) is 0 Å². The Kier molecular flexibility index (Phi) is 5.49. The first-order valence-corrected chi connectivity index (χ1v) is 8.32. The number of benzene rings is 1. The predicted octanol–water partition coefficient (Wildman–Crippen LogP) is 2.96. The van der Waals surface area contributed by atoms with Crippen molar-refractivity contribution in [3.05, 3.63) is 23.8 Å². The molecular weight excluding hydrogens is 306 g/mol. The molecule has 1 saturated heterocycles. The molecule has 132 valence electrons. The second-order valence-electron chi connectivity index (χ2n) is 7.16. The lowest BCUT2D eigenvalue weighted by atomic mass is 10.0. The van der Waals surface area contributed by atoms with Crippen molar-refractivity contribution in [2.24, 2.45) is 0 Å². The van der Waals surface area contributed by atoms with Gasteiger partial charge < -0.3 is 15.8 Å². The predicted molar refractivity (Wildman–Crippen MR) is 95.5 cm³/mol. The van der Waals surface area contributed by atoms with Crippen LogP contribution >= 0.6 is 0 Å². The minimum Gasteiger partial charge on any atom is -0.443 e. The van der Waals surface area contributed by atoms with E-state index in [2.05, 4.69) is 5.32 Å². The van der Waals surface area contributed by atoms with Gasteiger partial charge >= 0.3 is 6.09 Å². The van der Waals surface area contributed by atoms with Gasteiger partial charge in [-0.15, -0.1) is 0 Å². The Morgan fingerprint density at radius 2 is 1.88 bits per heavy atom. The van der Waals surface area contributed by atoms with E-state index in [0.29, 0.717) is 16.9 Å². The van der Waals surface area contributed by atoms with Crippen LogP contribution in [-0.4, -0.2) is 36.6 Å². The third-order valence-electron chi connectivity index (χ3n) is 3.96. The van der Waals surface area contributed by atoms with Gasteiger partial charge in [0.25, 0.3) is 0 Å². The molecular formula is C18H27N3O3. The number of nitrogens with one attached hydrogen (secondary N) is 1. The van der Waals surface area contributed by atoms with E-state index in [9.17, 15) is 9.59 Å². The SMILES string of the molecule is CC(=O)c1ccc(N(C(=O)OC(C)(C)C)C2CCNCC2)c(N)c1. The number of hydrogen-bond donors (Lipinski definition) is 2. The number of carbonyl (C=O) groups is 2. The number of nitrogens with two attached hydrogens (primary N) is 1. The fourth-order valence-corrected chi connectivity index (χ4v) is 2.81. The Hall–Kier alpha value is -2.08. The molecule has 1 amide bonds. The Morgan fingerprint density at radius 3 is 2.38 bits per heavy atom. The van der Waals surface area contributed by atoms with Crippen molar-refractivity contribution in [1.82, 2.24) is 5.32 Å². The highest BCUT2D eigenvalue weighted by Crippen LogP contribution is 2.30. The lowest BCUT2D eigenvalue weighted by Gasteiger charge is -2.36. The number of nitrogens with zero attached hydrogens (tertiary/aromatic N) is 1. The first-order valence-electron chi connectivity index (χ1n) is 8.32. The van der Waals surface area contributed by atoms with Crippen LogP contribution in [0.3, 0.4) is 0 Å². The zero-order chi connectivity index (χ0) is 17.9. The summed E-state index contributed by atoms with van der Waals surface area (Å²) in [6, 6.07) is 5.08. The van der Waals surface area contributed by atoms with E-state index in [1.807, 2.05) is 20.8 Å². The molecule has 0 saturated carbocycles. The van der Waals surface area contributed by atoms with Crippen molar-refractivity contribution in [3.8, 4) is 0 Å². The van der Waals surface area contributed by atoms with Crippen LogP contribution < -0.4 is 16.0 Å². The molecule has 1 aliphatic rings. The number of amides is 1. The molecule has 6 heteroatoms. The lowest BCUT2D eigenvalue weighted by molar-refractivity contribution is 0.0559. The van der Waals surface area contributed by atoms with E-state index >= 15 is 0 Å². The Balaban J connectivity index is 2.38. The first-order chi connectivity index (χ1) is 11.2. The number of nitrogen functional groups attached to an aromatic ring is 1. The molecule has 2 rings (SSSR count). The molecule has 0 radical (unpaired) electrons. The molecule has 0 spiro atoms. The summed E-state index contributed by atoms with van der Waals surface area (Å²) in [5.74, 6) is -0.0565. The van der Waals surface area contributed by atoms with Crippen molar-refractivity contribution in [2.75, 3.05) is 23.7 Å². The number of Topliss-reactive ketones (excluding diaryl/α,β-unsaturated/α-hetero) is 1. The molecule has 3 N–H and O–H groups in total. The van der Waals surface area contributed by atoms with Crippen molar-refractivity contribution in [1.29, 1.82) is 0 Å². The second-order valence-corrected chi connectivity index (χ2v) is 7.16. The molecule has 24 heavy (non-hydrogen) atoms. The summed E-state index contributed by atoms with van der Waals surface area (Å²) in [5.41, 5.74) is 7.10. The third-order valence-corrected chi connectivity index (χ3v) is 3.96. The topological polar surface area (TPSA) is 84.7 Å². The van der Waals surface area contributed by atoms with Gasteiger partial charge in [-0.05, 0) is 71.8 Å². The van der Waals surface area contributed by atoms with E-state index in [4.69, 9.17) is 10.5 Å². The molecule has 1 aromatic rings. The standard InChI is InChI=1S/C18H27N3O3/c1-12(22)13-5-6-16(15(19)11-13)21(14-7-9-20-10-8-14)17(23)24-18(2,3)4/h5-6,11,14,20H,7-10,19H2,1-4H3. The van der Waals surface area contributed by atoms with Crippen LogP contribution in [0.15, 0.2) is 18.2 Å². The molecule has 0 bridgehead atoms. The summed E-state index contributed by atoms with van der Waals surface area (Å²) in [6.07, 6.45) is 1.25. The largest absolute Gasteiger partial charge is 0.443 e. The summed E-state index contributed by atoms with van der Waals surface area (Å²) >= 11 is 0. The van der Waals surface area contributed by atoms with Gasteiger partial charge in [0.05, 0.1) is 11.4 Å². The lowest BCUT2D eigenvalue weighted by Crippen LogP contribution is -2.48. The smallest absolute Gasteiger partial charge is 0.415 e. The van der Waals surface area contributed by atoms with Gasteiger partial charge in [0, 0.05) is 11.6 Å². The van der Waals surface area contributed by atoms with Crippen LogP contribution in [0, 0.1) is 0 Å². The molecule has 1 fully saturated rings. The van der Waals surface area contributed by atoms with Gasteiger partial charge in [-0.3, -0.25) is 9.69 Å². The Morgan fingerprint density at radius 1 is 1.25 bits per heavy atom. The molecule has 0 unspecified atom stereocenters. The molecule has 0 aliphatic carbocycles. The van der Waals surface area contributed by atoms with Gasteiger partial charge in [0.15, 0.2) is 5.78 Å². The Labute approximate surface area is 143 Å². The summed E-state index contributed by atoms with van der Waals surface area (Å²) in [4.78, 5) is 26.0. The van der Waals surface area contributed by atoms with Gasteiger partial charge in [-0.25, -0.2) is 4.79 Å². The van der Waals surface area contributed by atoms with Gasteiger partial charge in [0.1, 0.15) is 5.60 Å². The minimum absolute atomic E-state index is 0.0200. The number of carbonyl (C=O) groups excluding carboxylic acids is 2. The summed E-state index contributed by atoms with van der Waals surface area (Å²) in [6.45, 7) is 8.70. The van der Waals surface area contributed by atoms with Crippen LogP contribution in [0.5, 0.6) is 0 Å². The molecule has 0 atom stereocenters. The number of ketones is 1. The summed E-state index contributed by atoms with van der Waals surface area (Å²) < 4.78 is 5.58. The highest BCUT2D eigenvalue weighted by molar-refractivity contribution is 5.98. The third kappa shape index (κ3) is 4.47. The maximum atomic E-state index is 12.8. The fraction of sp³-hybridized carbons (Fsp3) is 0.556. The number of hydrogen-bond acceptors (Lipinski definition) is 5. The van der Waals surface area contributed by atoms with Crippen molar-refractivity contribution in [2.45, 2.75) is 52.2 Å². The highest BCUT2D eigenvalue weighted by Gasteiger charge is 2.31. The van der Waals surface area contributed by atoms with Crippen molar-refractivity contribution < 1.29 is 14.3 Å². The maximum Gasteiger partial charge on any atom is 0.415 e. The maximum absolute atomic E-state index is 12.8. The average Bonchev–Trinajstić information content (AvgIpc) is 2.48. The molecule has 1 heterocycles. The van der Waals surface area contributed by atoms with Gasteiger partial charge in [-0.2, -0.15) is 0 Å². The molecule has 1 aromatic carbocycles. The molecule has 1 aliphatic heterocycles. The van der Waals surface area contributed by atoms with Gasteiger partial charge in [0.2, 0.25) is 0 Å². The number of rotatable bonds is 3. The zero-order valence-electron chi connectivity index (χ0n) is 14.9. The first kappa shape index (κ1) is 18.3. The monoisotopic (exact) mass is 333 g/mol.